The average molecular weight is 491 g/mol. The molecular weight excluding hydrogens is 468 g/mol. The van der Waals surface area contributed by atoms with Crippen LogP contribution in [0.15, 0.2) is 28.3 Å². The summed E-state index contributed by atoms with van der Waals surface area (Å²) in [6.45, 7) is 2.98. The highest BCUT2D eigenvalue weighted by atomic mass is 35.5. The Morgan fingerprint density at radius 3 is 3.03 bits per heavy atom. The standard InChI is InChI=1S/C22H23ClN4O3S2/c1-12(19(28)25-17-8-7-13(23)10-24-17)31-22-26-20-18(15-5-2-6-16(15)32-20)21(29)27(22)11-14-4-3-9-30-14/h7-8,10,12,14H,2-6,9,11H2,1H3,(H,24,25,28)/t12-,14-/m0/s1. The van der Waals surface area contributed by atoms with Crippen LogP contribution in [-0.4, -0.2) is 38.4 Å². The van der Waals surface area contributed by atoms with Crippen LogP contribution in [0.3, 0.4) is 0 Å². The topological polar surface area (TPSA) is 86.1 Å². The molecule has 3 aromatic heterocycles. The quantitative estimate of drug-likeness (QED) is 0.409. The molecule has 2 aliphatic rings. The lowest BCUT2D eigenvalue weighted by Crippen LogP contribution is -2.30. The molecule has 0 aromatic carbocycles. The molecule has 2 atom stereocenters. The second-order valence-electron chi connectivity index (χ2n) is 8.09. The molecule has 1 aliphatic heterocycles. The lowest BCUT2D eigenvalue weighted by molar-refractivity contribution is -0.115. The Balaban J connectivity index is 1.45. The van der Waals surface area contributed by atoms with Crippen LogP contribution < -0.4 is 10.9 Å². The van der Waals surface area contributed by atoms with Gasteiger partial charge in [-0.05, 0) is 56.7 Å². The third-order valence-corrected chi connectivity index (χ3v) is 8.33. The number of nitrogens with zero attached hydrogens (tertiary/aromatic N) is 3. The number of aromatic nitrogens is 3. The van der Waals surface area contributed by atoms with Gasteiger partial charge in [-0.1, -0.05) is 23.4 Å². The van der Waals surface area contributed by atoms with E-state index >= 15 is 0 Å². The summed E-state index contributed by atoms with van der Waals surface area (Å²) in [5.41, 5.74) is 1.15. The molecule has 5 rings (SSSR count). The molecule has 1 fully saturated rings. The fraction of sp³-hybridized carbons (Fsp3) is 0.455. The maximum Gasteiger partial charge on any atom is 0.263 e. The van der Waals surface area contributed by atoms with Gasteiger partial charge in [-0.15, -0.1) is 11.3 Å². The fourth-order valence-electron chi connectivity index (χ4n) is 4.19. The second kappa shape index (κ2) is 9.13. The molecule has 0 unspecified atom stereocenters. The predicted molar refractivity (Wildman–Crippen MR) is 128 cm³/mol. The Labute approximate surface area is 198 Å². The Hall–Kier alpha value is -1.94. The number of rotatable bonds is 6. The number of hydrogen-bond donors (Lipinski definition) is 1. The van der Waals surface area contributed by atoms with Gasteiger partial charge in [0.05, 0.1) is 28.3 Å². The van der Waals surface area contributed by atoms with E-state index in [2.05, 4.69) is 10.3 Å². The molecular formula is C22H23ClN4O3S2. The highest BCUT2D eigenvalue weighted by molar-refractivity contribution is 8.00. The van der Waals surface area contributed by atoms with Crippen LogP contribution in [0.1, 0.15) is 36.6 Å². The molecule has 1 amide bonds. The molecule has 0 radical (unpaired) electrons. The lowest BCUT2D eigenvalue weighted by atomic mass is 10.2. The molecule has 4 heterocycles. The first kappa shape index (κ1) is 21.9. The van der Waals surface area contributed by atoms with Gasteiger partial charge in [-0.2, -0.15) is 0 Å². The number of hydrogen-bond acceptors (Lipinski definition) is 7. The summed E-state index contributed by atoms with van der Waals surface area (Å²) < 4.78 is 7.52. The largest absolute Gasteiger partial charge is 0.376 e. The number of pyridine rings is 1. The van der Waals surface area contributed by atoms with Crippen molar-refractivity contribution >= 4 is 56.6 Å². The molecule has 7 nitrogen and oxygen atoms in total. The van der Waals surface area contributed by atoms with Crippen LogP contribution in [0.2, 0.25) is 5.02 Å². The van der Waals surface area contributed by atoms with Crippen molar-refractivity contribution < 1.29 is 9.53 Å². The van der Waals surface area contributed by atoms with E-state index < -0.39 is 5.25 Å². The number of nitrogens with one attached hydrogen (secondary N) is 1. The van der Waals surface area contributed by atoms with Crippen molar-refractivity contribution in [2.45, 2.75) is 62.1 Å². The van der Waals surface area contributed by atoms with Crippen molar-refractivity contribution in [3.8, 4) is 0 Å². The molecule has 1 saturated heterocycles. The van der Waals surface area contributed by atoms with Gasteiger partial charge in [0.1, 0.15) is 10.6 Å². The van der Waals surface area contributed by atoms with Crippen molar-refractivity contribution in [1.82, 2.24) is 14.5 Å². The zero-order valence-electron chi connectivity index (χ0n) is 17.6. The molecule has 3 aromatic rings. The molecule has 32 heavy (non-hydrogen) atoms. The summed E-state index contributed by atoms with van der Waals surface area (Å²) in [6.07, 6.45) is 6.45. The maximum atomic E-state index is 13.6. The van der Waals surface area contributed by atoms with E-state index in [1.165, 1.54) is 28.4 Å². The Morgan fingerprint density at radius 1 is 1.41 bits per heavy atom. The summed E-state index contributed by atoms with van der Waals surface area (Å²) in [6, 6.07) is 3.33. The number of anilines is 1. The van der Waals surface area contributed by atoms with Gasteiger partial charge in [0.2, 0.25) is 5.91 Å². The smallest absolute Gasteiger partial charge is 0.263 e. The monoisotopic (exact) mass is 490 g/mol. The van der Waals surface area contributed by atoms with E-state index in [-0.39, 0.29) is 17.6 Å². The second-order valence-corrected chi connectivity index (χ2v) is 10.9. The number of amides is 1. The van der Waals surface area contributed by atoms with Crippen LogP contribution in [0, 0.1) is 0 Å². The number of aryl methyl sites for hydroxylation is 2. The Bertz CT molecular complexity index is 1220. The summed E-state index contributed by atoms with van der Waals surface area (Å²) in [4.78, 5) is 37.4. The SMILES string of the molecule is C[C@H](Sc1nc2sc3c(c2c(=O)n1C[C@@H]1CCCO1)CCC3)C(=O)Nc1ccc(Cl)cn1. The van der Waals surface area contributed by atoms with Crippen LogP contribution in [0.4, 0.5) is 5.82 Å². The van der Waals surface area contributed by atoms with Crippen LogP contribution in [0.25, 0.3) is 10.2 Å². The molecule has 1 N–H and O–H groups in total. The molecule has 1 aliphatic carbocycles. The third kappa shape index (κ3) is 4.31. The molecule has 168 valence electrons. The van der Waals surface area contributed by atoms with E-state index in [0.717, 1.165) is 48.9 Å². The van der Waals surface area contributed by atoms with Gasteiger partial charge < -0.3 is 10.1 Å². The zero-order valence-corrected chi connectivity index (χ0v) is 20.0. The number of thioether (sulfide) groups is 1. The van der Waals surface area contributed by atoms with Crippen LogP contribution in [0.5, 0.6) is 0 Å². The Morgan fingerprint density at radius 2 is 2.28 bits per heavy atom. The van der Waals surface area contributed by atoms with Gasteiger partial charge in [-0.3, -0.25) is 14.2 Å². The lowest BCUT2D eigenvalue weighted by Gasteiger charge is -2.18. The summed E-state index contributed by atoms with van der Waals surface area (Å²) in [7, 11) is 0. The maximum absolute atomic E-state index is 13.6. The van der Waals surface area contributed by atoms with Crippen molar-refractivity contribution in [2.75, 3.05) is 11.9 Å². The van der Waals surface area contributed by atoms with Gasteiger partial charge in [0, 0.05) is 17.7 Å². The van der Waals surface area contributed by atoms with E-state index in [9.17, 15) is 9.59 Å². The minimum Gasteiger partial charge on any atom is -0.376 e. The predicted octanol–water partition coefficient (Wildman–Crippen LogP) is 4.29. The first-order valence-electron chi connectivity index (χ1n) is 10.8. The minimum atomic E-state index is -0.473. The number of halogens is 1. The van der Waals surface area contributed by atoms with Gasteiger partial charge in [-0.25, -0.2) is 9.97 Å². The molecule has 0 saturated carbocycles. The van der Waals surface area contributed by atoms with Gasteiger partial charge in [0.25, 0.3) is 5.56 Å². The van der Waals surface area contributed by atoms with Crippen molar-refractivity contribution in [3.63, 3.8) is 0 Å². The number of fused-ring (bicyclic) bond motifs is 3. The normalized spacial score (nSPS) is 18.8. The van der Waals surface area contributed by atoms with Gasteiger partial charge >= 0.3 is 0 Å². The third-order valence-electron chi connectivity index (χ3n) is 5.83. The molecule has 0 bridgehead atoms. The van der Waals surface area contributed by atoms with Gasteiger partial charge in [0.15, 0.2) is 5.16 Å². The highest BCUT2D eigenvalue weighted by Crippen LogP contribution is 2.36. The van der Waals surface area contributed by atoms with Crippen LogP contribution >= 0.6 is 34.7 Å². The number of thiophene rings is 1. The number of ether oxygens (including phenoxy) is 1. The molecule has 0 spiro atoms. The summed E-state index contributed by atoms with van der Waals surface area (Å²) >= 11 is 8.77. The number of carbonyl (C=O) groups excluding carboxylic acids is 1. The zero-order chi connectivity index (χ0) is 22.2. The van der Waals surface area contributed by atoms with E-state index in [1.807, 2.05) is 0 Å². The first-order chi connectivity index (χ1) is 15.5. The van der Waals surface area contributed by atoms with E-state index in [1.54, 1.807) is 35.0 Å². The highest BCUT2D eigenvalue weighted by Gasteiger charge is 2.27. The van der Waals surface area contributed by atoms with Crippen molar-refractivity contribution in [1.29, 1.82) is 0 Å². The summed E-state index contributed by atoms with van der Waals surface area (Å²) in [5.74, 6) is 0.221. The van der Waals surface area contributed by atoms with E-state index in [4.69, 9.17) is 21.3 Å². The minimum absolute atomic E-state index is 0.000356. The Kier molecular flexibility index (Phi) is 6.24. The van der Waals surface area contributed by atoms with Crippen LogP contribution in [-0.2, 0) is 28.9 Å². The average Bonchev–Trinajstić information content (AvgIpc) is 3.50. The van der Waals surface area contributed by atoms with Crippen molar-refractivity contribution in [3.05, 3.63) is 44.1 Å². The molecule has 10 heteroatoms. The van der Waals surface area contributed by atoms with E-state index in [0.29, 0.717) is 22.5 Å². The first-order valence-corrected chi connectivity index (χ1v) is 12.8. The van der Waals surface area contributed by atoms with Crippen molar-refractivity contribution in [2.24, 2.45) is 0 Å². The fourth-order valence-corrected chi connectivity index (χ4v) is 6.52. The number of carbonyl (C=O) groups is 1. The summed E-state index contributed by atoms with van der Waals surface area (Å²) in [5, 5.41) is 4.15.